The molecule has 3 aromatic rings. The Labute approximate surface area is 169 Å². The second kappa shape index (κ2) is 8.04. The van der Waals surface area contributed by atoms with Gasteiger partial charge in [-0.3, -0.25) is 4.79 Å². The van der Waals surface area contributed by atoms with E-state index in [9.17, 15) is 18.0 Å². The van der Waals surface area contributed by atoms with Crippen LogP contribution in [0, 0.1) is 11.6 Å². The van der Waals surface area contributed by atoms with Crippen LogP contribution < -0.4 is 10.6 Å². The first kappa shape index (κ1) is 19.7. The lowest BCUT2D eigenvalue weighted by molar-refractivity contribution is 0.0893. The summed E-state index contributed by atoms with van der Waals surface area (Å²) in [6.07, 6.45) is 2.06. The zero-order valence-electron chi connectivity index (χ0n) is 15.3. The van der Waals surface area contributed by atoms with Crippen molar-refractivity contribution >= 4 is 28.4 Å². The molecule has 2 aromatic heterocycles. The van der Waals surface area contributed by atoms with E-state index in [0.29, 0.717) is 18.5 Å². The number of pyridine rings is 1. The number of carbonyl (C=O) groups is 1. The minimum atomic E-state index is -1.25. The van der Waals surface area contributed by atoms with Gasteiger partial charge in [0.1, 0.15) is 23.0 Å². The van der Waals surface area contributed by atoms with E-state index in [1.54, 1.807) is 12.1 Å². The summed E-state index contributed by atoms with van der Waals surface area (Å²) in [5.74, 6) is -2.02. The van der Waals surface area contributed by atoms with Gasteiger partial charge in [0, 0.05) is 25.5 Å². The molecule has 0 bridgehead atoms. The lowest BCUT2D eigenvalue weighted by Crippen LogP contribution is -2.50. The maximum Gasteiger partial charge on any atom is 0.253 e. The average Bonchev–Trinajstić information content (AvgIpc) is 3.07. The Hall–Kier alpha value is -2.58. The molecule has 1 fully saturated rings. The number of carbonyl (C=O) groups excluding carboxylic acids is 1. The van der Waals surface area contributed by atoms with Crippen LogP contribution in [0.15, 0.2) is 36.7 Å². The SMILES string of the molecule is O=C(N[C@H]1CCNC[C@H]1F)c1cn(Cc2ccnc(Cl)c2)c2c(F)ccc(F)c12. The van der Waals surface area contributed by atoms with Gasteiger partial charge in [-0.1, -0.05) is 11.6 Å². The van der Waals surface area contributed by atoms with Gasteiger partial charge in [-0.2, -0.15) is 0 Å². The topological polar surface area (TPSA) is 59.0 Å². The van der Waals surface area contributed by atoms with E-state index in [-0.39, 0.29) is 34.7 Å². The summed E-state index contributed by atoms with van der Waals surface area (Å²) in [4.78, 5) is 16.7. The first-order chi connectivity index (χ1) is 13.9. The second-order valence-corrected chi connectivity index (χ2v) is 7.39. The Balaban J connectivity index is 1.74. The molecule has 29 heavy (non-hydrogen) atoms. The molecule has 1 saturated heterocycles. The molecule has 4 rings (SSSR count). The van der Waals surface area contributed by atoms with Crippen molar-refractivity contribution in [2.24, 2.45) is 0 Å². The van der Waals surface area contributed by atoms with Crippen molar-refractivity contribution in [1.82, 2.24) is 20.2 Å². The minimum Gasteiger partial charge on any atom is -0.346 e. The fourth-order valence-corrected chi connectivity index (χ4v) is 3.82. The molecular weight excluding hydrogens is 405 g/mol. The fourth-order valence-electron chi connectivity index (χ4n) is 3.63. The van der Waals surface area contributed by atoms with Crippen LogP contribution in [0.2, 0.25) is 5.15 Å². The molecule has 1 amide bonds. The third-order valence-electron chi connectivity index (χ3n) is 5.03. The number of aromatic nitrogens is 2. The van der Waals surface area contributed by atoms with Gasteiger partial charge >= 0.3 is 0 Å². The molecule has 0 unspecified atom stereocenters. The summed E-state index contributed by atoms with van der Waals surface area (Å²) in [6.45, 7) is 0.864. The fraction of sp³-hybridized carbons (Fsp3) is 0.300. The number of rotatable bonds is 4. The Bertz CT molecular complexity index is 1070. The number of piperidine rings is 1. The van der Waals surface area contributed by atoms with Crippen LogP contribution in [0.1, 0.15) is 22.3 Å². The third kappa shape index (κ3) is 3.95. The van der Waals surface area contributed by atoms with Gasteiger partial charge in [-0.05, 0) is 42.8 Å². The number of benzene rings is 1. The molecule has 2 atom stereocenters. The van der Waals surface area contributed by atoms with E-state index >= 15 is 0 Å². The number of hydrogen-bond acceptors (Lipinski definition) is 3. The normalized spacial score (nSPS) is 19.4. The van der Waals surface area contributed by atoms with Crippen LogP contribution in [0.4, 0.5) is 13.2 Å². The molecule has 0 saturated carbocycles. The molecule has 1 aliphatic heterocycles. The van der Waals surface area contributed by atoms with Crippen molar-refractivity contribution in [3.63, 3.8) is 0 Å². The van der Waals surface area contributed by atoms with Crippen molar-refractivity contribution in [2.45, 2.75) is 25.2 Å². The largest absolute Gasteiger partial charge is 0.346 e. The Morgan fingerprint density at radius 1 is 1.31 bits per heavy atom. The Kier molecular flexibility index (Phi) is 5.47. The summed E-state index contributed by atoms with van der Waals surface area (Å²) in [6, 6.07) is 4.60. The Morgan fingerprint density at radius 3 is 2.86 bits per heavy atom. The number of halogens is 4. The zero-order chi connectivity index (χ0) is 20.5. The smallest absolute Gasteiger partial charge is 0.253 e. The van der Waals surface area contributed by atoms with Gasteiger partial charge in [0.25, 0.3) is 5.91 Å². The van der Waals surface area contributed by atoms with Crippen molar-refractivity contribution < 1.29 is 18.0 Å². The van der Waals surface area contributed by atoms with Crippen LogP contribution in [0.25, 0.3) is 10.9 Å². The molecule has 0 spiro atoms. The van der Waals surface area contributed by atoms with Crippen molar-refractivity contribution in [1.29, 1.82) is 0 Å². The molecule has 152 valence electrons. The van der Waals surface area contributed by atoms with E-state index in [2.05, 4.69) is 15.6 Å². The van der Waals surface area contributed by atoms with Gasteiger partial charge in [0.2, 0.25) is 0 Å². The van der Waals surface area contributed by atoms with Crippen LogP contribution >= 0.6 is 11.6 Å². The van der Waals surface area contributed by atoms with E-state index < -0.39 is 29.8 Å². The van der Waals surface area contributed by atoms with Crippen molar-refractivity contribution in [3.8, 4) is 0 Å². The molecule has 0 radical (unpaired) electrons. The lowest BCUT2D eigenvalue weighted by atomic mass is 10.0. The standard InChI is InChI=1S/C20H18ClF3N4O/c21-17-7-11(3-6-26-17)9-28-10-12(18-13(22)1-2-14(23)19(18)28)20(29)27-16-4-5-25-8-15(16)24/h1-3,6-7,10,15-16,25H,4-5,8-9H2,(H,27,29)/t15-,16+/m1/s1. The first-order valence-electron chi connectivity index (χ1n) is 9.17. The average molecular weight is 423 g/mol. The monoisotopic (exact) mass is 422 g/mol. The highest BCUT2D eigenvalue weighted by Gasteiger charge is 2.28. The van der Waals surface area contributed by atoms with Crippen LogP contribution in [-0.4, -0.2) is 40.8 Å². The van der Waals surface area contributed by atoms with Gasteiger partial charge in [0.05, 0.1) is 22.5 Å². The predicted molar refractivity (Wildman–Crippen MR) is 104 cm³/mol. The van der Waals surface area contributed by atoms with Crippen LogP contribution in [-0.2, 0) is 6.54 Å². The van der Waals surface area contributed by atoms with E-state index in [0.717, 1.165) is 12.1 Å². The van der Waals surface area contributed by atoms with Gasteiger partial charge in [-0.15, -0.1) is 0 Å². The molecule has 1 aromatic carbocycles. The summed E-state index contributed by atoms with van der Waals surface area (Å²) in [5, 5.41) is 5.66. The highest BCUT2D eigenvalue weighted by molar-refractivity contribution is 6.29. The molecule has 1 aliphatic rings. The van der Waals surface area contributed by atoms with E-state index in [1.165, 1.54) is 17.0 Å². The summed E-state index contributed by atoms with van der Waals surface area (Å²) >= 11 is 5.90. The quantitative estimate of drug-likeness (QED) is 0.633. The van der Waals surface area contributed by atoms with Gasteiger partial charge < -0.3 is 15.2 Å². The van der Waals surface area contributed by atoms with E-state index in [4.69, 9.17) is 11.6 Å². The number of amides is 1. The minimum absolute atomic E-state index is 0.0369. The number of nitrogens with one attached hydrogen (secondary N) is 2. The second-order valence-electron chi connectivity index (χ2n) is 7.00. The summed E-state index contributed by atoms with van der Waals surface area (Å²) < 4.78 is 44.7. The number of fused-ring (bicyclic) bond motifs is 1. The number of nitrogens with zero attached hydrogens (tertiary/aromatic N) is 2. The molecule has 9 heteroatoms. The zero-order valence-corrected chi connectivity index (χ0v) is 16.0. The molecule has 0 aliphatic carbocycles. The van der Waals surface area contributed by atoms with Crippen molar-refractivity contribution in [3.05, 3.63) is 64.6 Å². The highest BCUT2D eigenvalue weighted by Crippen LogP contribution is 2.28. The number of hydrogen-bond donors (Lipinski definition) is 2. The predicted octanol–water partition coefficient (Wildman–Crippen LogP) is 3.45. The van der Waals surface area contributed by atoms with E-state index in [1.807, 2.05) is 0 Å². The third-order valence-corrected chi connectivity index (χ3v) is 5.24. The summed E-state index contributed by atoms with van der Waals surface area (Å²) in [7, 11) is 0. The van der Waals surface area contributed by atoms with Gasteiger partial charge in [0.15, 0.2) is 0 Å². The number of alkyl halides is 1. The van der Waals surface area contributed by atoms with Crippen LogP contribution in [0.5, 0.6) is 0 Å². The first-order valence-corrected chi connectivity index (χ1v) is 9.54. The molecular formula is C20H18ClF3N4O. The molecule has 5 nitrogen and oxygen atoms in total. The lowest BCUT2D eigenvalue weighted by Gasteiger charge is -2.27. The van der Waals surface area contributed by atoms with Gasteiger partial charge in [-0.25, -0.2) is 18.2 Å². The maximum atomic E-state index is 14.6. The highest BCUT2D eigenvalue weighted by atomic mass is 35.5. The Morgan fingerprint density at radius 2 is 2.10 bits per heavy atom. The van der Waals surface area contributed by atoms with Crippen molar-refractivity contribution in [2.75, 3.05) is 13.1 Å². The molecule has 3 heterocycles. The summed E-state index contributed by atoms with van der Waals surface area (Å²) in [5.41, 5.74) is 0.632. The maximum absolute atomic E-state index is 14.6. The van der Waals surface area contributed by atoms with Crippen LogP contribution in [0.3, 0.4) is 0 Å². The molecule has 2 N–H and O–H groups in total.